The first-order valence-corrected chi connectivity index (χ1v) is 9.16. The van der Waals surface area contributed by atoms with Crippen LogP contribution in [0, 0.1) is 0 Å². The minimum absolute atomic E-state index is 0.0990. The highest BCUT2D eigenvalue weighted by atomic mass is 32.2. The van der Waals surface area contributed by atoms with Gasteiger partial charge in [0.2, 0.25) is 10.0 Å². The van der Waals surface area contributed by atoms with Gasteiger partial charge in [0.1, 0.15) is 12.4 Å². The van der Waals surface area contributed by atoms with Crippen LogP contribution in [0.5, 0.6) is 5.75 Å². The molecule has 0 heterocycles. The minimum Gasteiger partial charge on any atom is -0.492 e. The van der Waals surface area contributed by atoms with E-state index < -0.39 is 10.0 Å². The lowest BCUT2D eigenvalue weighted by molar-refractivity contribution is 0.328. The van der Waals surface area contributed by atoms with Crippen LogP contribution < -0.4 is 15.2 Å². The zero-order valence-corrected chi connectivity index (χ0v) is 13.5. The molecule has 7 heteroatoms. The molecule has 0 saturated heterocycles. The summed E-state index contributed by atoms with van der Waals surface area (Å²) in [7, 11) is -3.47. The van der Waals surface area contributed by atoms with Gasteiger partial charge in [0.05, 0.1) is 4.90 Å². The van der Waals surface area contributed by atoms with Crippen molar-refractivity contribution in [1.82, 2.24) is 4.72 Å². The molecule has 0 aliphatic carbocycles. The lowest BCUT2D eigenvalue weighted by atomic mass is 10.3. The Balaban J connectivity index is 2.67. The summed E-state index contributed by atoms with van der Waals surface area (Å²) in [6.45, 7) is 4.74. The van der Waals surface area contributed by atoms with Crippen LogP contribution in [0.15, 0.2) is 29.2 Å². The molecular formula is C13H22N2O3S2. The van der Waals surface area contributed by atoms with Gasteiger partial charge in [-0.3, -0.25) is 0 Å². The molecule has 1 atom stereocenters. The van der Waals surface area contributed by atoms with Gasteiger partial charge >= 0.3 is 0 Å². The Morgan fingerprint density at radius 1 is 1.35 bits per heavy atom. The van der Waals surface area contributed by atoms with Crippen molar-refractivity contribution in [2.45, 2.75) is 24.8 Å². The molecule has 0 radical (unpaired) electrons. The molecular weight excluding hydrogens is 296 g/mol. The molecule has 0 aromatic heterocycles. The fourth-order valence-electron chi connectivity index (χ4n) is 1.55. The predicted molar refractivity (Wildman–Crippen MR) is 83.8 cm³/mol. The van der Waals surface area contributed by atoms with Gasteiger partial charge in [0, 0.05) is 18.3 Å². The summed E-state index contributed by atoms with van der Waals surface area (Å²) in [6.07, 6.45) is 0. The summed E-state index contributed by atoms with van der Waals surface area (Å²) >= 11 is 1.70. The number of benzene rings is 1. The Labute approximate surface area is 125 Å². The highest BCUT2D eigenvalue weighted by Crippen LogP contribution is 2.16. The Hall–Kier alpha value is -0.760. The van der Waals surface area contributed by atoms with Crippen LogP contribution in [0.1, 0.15) is 13.8 Å². The third-order valence-electron chi connectivity index (χ3n) is 2.45. The zero-order valence-electron chi connectivity index (χ0n) is 11.8. The molecule has 3 N–H and O–H groups in total. The van der Waals surface area contributed by atoms with Crippen molar-refractivity contribution in [3.05, 3.63) is 24.3 Å². The summed E-state index contributed by atoms with van der Waals surface area (Å²) in [6, 6.07) is 6.24. The molecule has 0 spiro atoms. The van der Waals surface area contributed by atoms with Crippen molar-refractivity contribution >= 4 is 21.8 Å². The van der Waals surface area contributed by atoms with Gasteiger partial charge in [0.25, 0.3) is 0 Å². The van der Waals surface area contributed by atoms with Gasteiger partial charge in [-0.05, 0) is 36.9 Å². The molecule has 1 aromatic carbocycles. The van der Waals surface area contributed by atoms with Gasteiger partial charge in [-0.2, -0.15) is 11.8 Å². The van der Waals surface area contributed by atoms with Crippen molar-refractivity contribution in [2.24, 2.45) is 5.73 Å². The van der Waals surface area contributed by atoms with Crippen LogP contribution in [-0.4, -0.2) is 39.1 Å². The smallest absolute Gasteiger partial charge is 0.240 e. The highest BCUT2D eigenvalue weighted by Gasteiger charge is 2.17. The Kier molecular flexibility index (Phi) is 7.36. The maximum atomic E-state index is 12.1. The molecule has 1 aromatic rings. The molecule has 0 aliphatic rings. The molecule has 114 valence electrons. The highest BCUT2D eigenvalue weighted by molar-refractivity contribution is 7.99. The average Bonchev–Trinajstić information content (AvgIpc) is 2.43. The maximum Gasteiger partial charge on any atom is 0.240 e. The van der Waals surface area contributed by atoms with Gasteiger partial charge in [-0.15, -0.1) is 0 Å². The fraction of sp³-hybridized carbons (Fsp3) is 0.538. The second kappa shape index (κ2) is 8.51. The Morgan fingerprint density at radius 2 is 2.00 bits per heavy atom. The monoisotopic (exact) mass is 318 g/mol. The van der Waals surface area contributed by atoms with E-state index >= 15 is 0 Å². The van der Waals surface area contributed by atoms with Crippen molar-refractivity contribution in [2.75, 3.05) is 24.7 Å². The lowest BCUT2D eigenvalue weighted by Gasteiger charge is -2.14. The summed E-state index contributed by atoms with van der Waals surface area (Å²) in [5, 5.41) is 0. The molecule has 0 bridgehead atoms. The number of hydrogen-bond acceptors (Lipinski definition) is 5. The maximum absolute atomic E-state index is 12.1. The SMILES string of the molecule is CCSCC(C)NS(=O)(=O)c1ccc(OCCN)cc1. The Morgan fingerprint density at radius 3 is 2.55 bits per heavy atom. The quantitative estimate of drug-likeness (QED) is 0.720. The first kappa shape index (κ1) is 17.3. The summed E-state index contributed by atoms with van der Waals surface area (Å²) < 4.78 is 32.3. The predicted octanol–water partition coefficient (Wildman–Crippen LogP) is 1.44. The van der Waals surface area contributed by atoms with Crippen LogP contribution in [0.2, 0.25) is 0 Å². The van der Waals surface area contributed by atoms with E-state index in [1.54, 1.807) is 23.9 Å². The molecule has 0 amide bonds. The Bertz CT molecular complexity index is 489. The molecule has 1 unspecified atom stereocenters. The van der Waals surface area contributed by atoms with Gasteiger partial charge in [-0.1, -0.05) is 6.92 Å². The normalized spacial score (nSPS) is 13.2. The van der Waals surface area contributed by atoms with Crippen LogP contribution in [0.3, 0.4) is 0 Å². The minimum atomic E-state index is -3.47. The average molecular weight is 318 g/mol. The first-order valence-electron chi connectivity index (χ1n) is 6.52. The topological polar surface area (TPSA) is 81.4 Å². The number of nitrogens with two attached hydrogens (primary N) is 1. The van der Waals surface area contributed by atoms with E-state index in [0.29, 0.717) is 18.9 Å². The molecule has 0 aliphatic heterocycles. The van der Waals surface area contributed by atoms with Crippen LogP contribution >= 0.6 is 11.8 Å². The largest absolute Gasteiger partial charge is 0.492 e. The third kappa shape index (κ3) is 5.70. The summed E-state index contributed by atoms with van der Waals surface area (Å²) in [4.78, 5) is 0.242. The molecule has 0 fully saturated rings. The van der Waals surface area contributed by atoms with E-state index in [4.69, 9.17) is 10.5 Å². The second-order valence-corrected chi connectivity index (χ2v) is 7.32. The number of nitrogens with one attached hydrogen (secondary N) is 1. The van der Waals surface area contributed by atoms with Gasteiger partial charge in [0.15, 0.2) is 0 Å². The summed E-state index contributed by atoms with van der Waals surface area (Å²) in [5.74, 6) is 2.34. The lowest BCUT2D eigenvalue weighted by Crippen LogP contribution is -2.34. The number of rotatable bonds is 9. The van der Waals surface area contributed by atoms with Crippen LogP contribution in [0.4, 0.5) is 0 Å². The van der Waals surface area contributed by atoms with E-state index in [-0.39, 0.29) is 10.9 Å². The van der Waals surface area contributed by atoms with Crippen LogP contribution in [-0.2, 0) is 10.0 Å². The zero-order chi connectivity index (χ0) is 15.0. The van der Waals surface area contributed by atoms with E-state index in [0.717, 1.165) is 11.5 Å². The van der Waals surface area contributed by atoms with Crippen molar-refractivity contribution in [3.8, 4) is 5.75 Å². The van der Waals surface area contributed by atoms with Gasteiger partial charge < -0.3 is 10.5 Å². The van der Waals surface area contributed by atoms with Gasteiger partial charge in [-0.25, -0.2) is 13.1 Å². The number of sulfonamides is 1. The number of hydrogen-bond donors (Lipinski definition) is 2. The standard InChI is InChI=1S/C13H22N2O3S2/c1-3-19-10-11(2)15-20(16,17)13-6-4-12(5-7-13)18-9-8-14/h4-7,11,15H,3,8-10,14H2,1-2H3. The first-order chi connectivity index (χ1) is 9.49. The summed E-state index contributed by atoms with van der Waals surface area (Å²) in [5.41, 5.74) is 5.34. The molecule has 1 rings (SSSR count). The second-order valence-electron chi connectivity index (χ2n) is 4.29. The third-order valence-corrected chi connectivity index (χ3v) is 5.20. The van der Waals surface area contributed by atoms with Crippen LogP contribution in [0.25, 0.3) is 0 Å². The van der Waals surface area contributed by atoms with Crippen molar-refractivity contribution < 1.29 is 13.2 Å². The van der Waals surface area contributed by atoms with E-state index in [2.05, 4.69) is 4.72 Å². The molecule has 20 heavy (non-hydrogen) atoms. The number of ether oxygens (including phenoxy) is 1. The molecule has 0 saturated carbocycles. The molecule has 5 nitrogen and oxygen atoms in total. The number of thioether (sulfide) groups is 1. The van der Waals surface area contributed by atoms with Crippen molar-refractivity contribution in [3.63, 3.8) is 0 Å². The fourth-order valence-corrected chi connectivity index (χ4v) is 3.57. The van der Waals surface area contributed by atoms with E-state index in [9.17, 15) is 8.42 Å². The van der Waals surface area contributed by atoms with E-state index in [1.165, 1.54) is 12.1 Å². The van der Waals surface area contributed by atoms with Crippen molar-refractivity contribution in [1.29, 1.82) is 0 Å². The van der Waals surface area contributed by atoms with E-state index in [1.807, 2.05) is 13.8 Å².